The molecule has 2 aromatic heterocycles. The third-order valence-corrected chi connectivity index (χ3v) is 5.22. The average molecular weight is 456 g/mol. The first-order valence-corrected chi connectivity index (χ1v) is 10.5. The number of carbonyl (C=O) groups excluding carboxylic acids is 2. The Hall–Kier alpha value is -3.82. The summed E-state index contributed by atoms with van der Waals surface area (Å²) in [7, 11) is 0. The van der Waals surface area contributed by atoms with Crippen molar-refractivity contribution in [1.29, 1.82) is 0 Å². The first-order chi connectivity index (χ1) is 15.6. The van der Waals surface area contributed by atoms with E-state index in [1.165, 1.54) is 24.5 Å². The molecule has 0 aliphatic carbocycles. The van der Waals surface area contributed by atoms with E-state index >= 15 is 0 Å². The maximum Gasteiger partial charge on any atom is 0.326 e. The van der Waals surface area contributed by atoms with Crippen molar-refractivity contribution in [2.45, 2.75) is 51.6 Å². The van der Waals surface area contributed by atoms with Crippen molar-refractivity contribution in [3.05, 3.63) is 60.2 Å². The van der Waals surface area contributed by atoms with Crippen LogP contribution < -0.4 is 10.6 Å². The lowest BCUT2D eigenvalue weighted by molar-refractivity contribution is -0.140. The predicted molar refractivity (Wildman–Crippen MR) is 119 cm³/mol. The highest BCUT2D eigenvalue weighted by Gasteiger charge is 2.28. The molecule has 0 spiro atoms. The number of nitrogens with zero attached hydrogens (tertiary/aromatic N) is 2. The highest BCUT2D eigenvalue weighted by Crippen LogP contribution is 2.30. The second kappa shape index (κ2) is 11.7. The second-order valence-electron chi connectivity index (χ2n) is 8.40. The monoisotopic (exact) mass is 456 g/mol. The van der Waals surface area contributed by atoms with Crippen LogP contribution in [0, 0.1) is 5.41 Å². The molecule has 2 heterocycles. The largest absolute Gasteiger partial charge is 0.480 e. The zero-order chi connectivity index (χ0) is 24.4. The summed E-state index contributed by atoms with van der Waals surface area (Å²) in [6.07, 6.45) is 4.01. The smallest absolute Gasteiger partial charge is 0.326 e. The molecule has 0 saturated heterocycles. The molecular weight excluding hydrogens is 428 g/mol. The van der Waals surface area contributed by atoms with Gasteiger partial charge >= 0.3 is 11.9 Å². The van der Waals surface area contributed by atoms with Crippen LogP contribution >= 0.6 is 0 Å². The Bertz CT molecular complexity index is 888. The van der Waals surface area contributed by atoms with E-state index in [9.17, 15) is 29.4 Å². The lowest BCUT2D eigenvalue weighted by Gasteiger charge is -2.28. The zero-order valence-electron chi connectivity index (χ0n) is 18.5. The third kappa shape index (κ3) is 8.32. The fraction of sp³-hybridized carbons (Fsp3) is 0.391. The van der Waals surface area contributed by atoms with Crippen molar-refractivity contribution in [2.24, 2.45) is 5.41 Å². The maximum atomic E-state index is 12.2. The van der Waals surface area contributed by atoms with Gasteiger partial charge in [0.15, 0.2) is 0 Å². The van der Waals surface area contributed by atoms with Crippen LogP contribution in [0.3, 0.4) is 0 Å². The van der Waals surface area contributed by atoms with Crippen LogP contribution in [0.5, 0.6) is 0 Å². The summed E-state index contributed by atoms with van der Waals surface area (Å²) in [5, 5.41) is 23.9. The zero-order valence-corrected chi connectivity index (χ0v) is 18.5. The van der Waals surface area contributed by atoms with Crippen LogP contribution in [-0.2, 0) is 9.59 Å². The van der Waals surface area contributed by atoms with E-state index in [1.807, 2.05) is 13.8 Å². The number of hydrogen-bond donors (Lipinski definition) is 4. The highest BCUT2D eigenvalue weighted by atomic mass is 16.4. The van der Waals surface area contributed by atoms with Crippen LogP contribution in [0.4, 0.5) is 0 Å². The van der Waals surface area contributed by atoms with Gasteiger partial charge in [-0.2, -0.15) is 0 Å². The molecule has 0 aromatic carbocycles. The fourth-order valence-corrected chi connectivity index (χ4v) is 3.17. The lowest BCUT2D eigenvalue weighted by Crippen LogP contribution is -2.42. The van der Waals surface area contributed by atoms with Crippen LogP contribution in [0.25, 0.3) is 0 Å². The van der Waals surface area contributed by atoms with Gasteiger partial charge in [0.1, 0.15) is 23.5 Å². The molecule has 2 atom stereocenters. The van der Waals surface area contributed by atoms with Crippen LogP contribution in [0.1, 0.15) is 60.5 Å². The normalized spacial score (nSPS) is 12.9. The minimum Gasteiger partial charge on any atom is -0.480 e. The van der Waals surface area contributed by atoms with Crippen molar-refractivity contribution in [2.75, 3.05) is 0 Å². The standard InChI is InChI=1S/C23H28N4O6/c1-23(2,11-9-17(21(30)31)26-19(28)15-7-3-5-13-24-15)12-10-18(22(32)33)27-20(29)16-8-4-6-14-25-16/h3-8,13-14,17-18H,9-12H2,1-2H3,(H,26,28)(H,27,29)(H,30,31)(H,32,33)/t17-,18+. The van der Waals surface area contributed by atoms with Gasteiger partial charge in [0, 0.05) is 12.4 Å². The Labute approximate surface area is 191 Å². The van der Waals surface area contributed by atoms with Crippen molar-refractivity contribution in [3.8, 4) is 0 Å². The molecule has 10 heteroatoms. The quantitative estimate of drug-likeness (QED) is 0.378. The summed E-state index contributed by atoms with van der Waals surface area (Å²) < 4.78 is 0. The van der Waals surface area contributed by atoms with Gasteiger partial charge in [0.05, 0.1) is 0 Å². The van der Waals surface area contributed by atoms with Gasteiger partial charge in [0.2, 0.25) is 0 Å². The van der Waals surface area contributed by atoms with Gasteiger partial charge in [0.25, 0.3) is 11.8 Å². The molecule has 2 amide bonds. The van der Waals surface area contributed by atoms with Crippen LogP contribution in [0.15, 0.2) is 48.8 Å². The van der Waals surface area contributed by atoms with E-state index in [0.717, 1.165) is 0 Å². The topological polar surface area (TPSA) is 159 Å². The number of carbonyl (C=O) groups is 4. The van der Waals surface area contributed by atoms with Gasteiger partial charge in [-0.3, -0.25) is 19.6 Å². The summed E-state index contributed by atoms with van der Waals surface area (Å²) in [5.74, 6) is -3.49. The Morgan fingerprint density at radius 1 is 0.788 bits per heavy atom. The number of aromatic nitrogens is 2. The molecule has 10 nitrogen and oxygen atoms in total. The fourth-order valence-electron chi connectivity index (χ4n) is 3.17. The number of carboxylic acid groups (broad SMARTS) is 2. The number of hydrogen-bond acceptors (Lipinski definition) is 6. The summed E-state index contributed by atoms with van der Waals surface area (Å²) in [5.41, 5.74) is -0.195. The number of nitrogens with one attached hydrogen (secondary N) is 2. The third-order valence-electron chi connectivity index (χ3n) is 5.22. The molecule has 0 bridgehead atoms. The SMILES string of the molecule is CC(C)(CC[C@H](NC(=O)c1ccccn1)C(=O)O)CC[C@@H](NC(=O)c1ccccn1)C(=O)O. The number of rotatable bonds is 12. The van der Waals surface area contributed by atoms with Crippen molar-refractivity contribution < 1.29 is 29.4 Å². The average Bonchev–Trinajstić information content (AvgIpc) is 2.79. The number of carboxylic acids is 2. The Morgan fingerprint density at radius 2 is 1.18 bits per heavy atom. The van der Waals surface area contributed by atoms with Crippen molar-refractivity contribution >= 4 is 23.8 Å². The molecule has 0 unspecified atom stereocenters. The van der Waals surface area contributed by atoms with Gasteiger partial charge in [-0.05, 0) is 55.4 Å². The van der Waals surface area contributed by atoms with Gasteiger partial charge in [-0.25, -0.2) is 9.59 Å². The molecule has 0 aliphatic rings. The Morgan fingerprint density at radius 3 is 1.48 bits per heavy atom. The molecule has 0 radical (unpaired) electrons. The number of aliphatic carboxylic acids is 2. The molecule has 2 aromatic rings. The van der Waals surface area contributed by atoms with E-state index in [-0.39, 0.29) is 24.2 Å². The van der Waals surface area contributed by atoms with Crippen molar-refractivity contribution in [3.63, 3.8) is 0 Å². The van der Waals surface area contributed by atoms with Gasteiger partial charge in [-0.1, -0.05) is 26.0 Å². The molecule has 176 valence electrons. The maximum absolute atomic E-state index is 12.2. The molecule has 4 N–H and O–H groups in total. The first-order valence-electron chi connectivity index (χ1n) is 10.5. The number of amides is 2. The molecule has 0 fully saturated rings. The van der Waals surface area contributed by atoms with Gasteiger partial charge in [-0.15, -0.1) is 0 Å². The minimum atomic E-state index is -1.17. The Kier molecular flexibility index (Phi) is 9.02. The van der Waals surface area contributed by atoms with Crippen LogP contribution in [-0.4, -0.2) is 56.0 Å². The highest BCUT2D eigenvalue weighted by molar-refractivity contribution is 5.95. The lowest BCUT2D eigenvalue weighted by atomic mass is 9.81. The molecule has 33 heavy (non-hydrogen) atoms. The van der Waals surface area contributed by atoms with E-state index in [1.54, 1.807) is 24.3 Å². The van der Waals surface area contributed by atoms with Crippen molar-refractivity contribution in [1.82, 2.24) is 20.6 Å². The van der Waals surface area contributed by atoms with E-state index in [2.05, 4.69) is 20.6 Å². The van der Waals surface area contributed by atoms with Crippen LogP contribution in [0.2, 0.25) is 0 Å². The summed E-state index contributed by atoms with van der Waals surface area (Å²) in [4.78, 5) is 55.6. The minimum absolute atomic E-state index is 0.121. The van der Waals surface area contributed by atoms with E-state index in [4.69, 9.17) is 0 Å². The predicted octanol–water partition coefficient (Wildman–Crippen LogP) is 2.13. The number of pyridine rings is 2. The van der Waals surface area contributed by atoms with E-state index < -0.39 is 41.3 Å². The summed E-state index contributed by atoms with van der Waals surface area (Å²) >= 11 is 0. The van der Waals surface area contributed by atoms with Gasteiger partial charge < -0.3 is 20.8 Å². The van der Waals surface area contributed by atoms with E-state index in [0.29, 0.717) is 12.8 Å². The second-order valence-corrected chi connectivity index (χ2v) is 8.40. The molecule has 0 aliphatic heterocycles. The molecule has 2 rings (SSSR count). The molecular formula is C23H28N4O6. The Balaban J connectivity index is 1.91. The summed E-state index contributed by atoms with van der Waals surface area (Å²) in [6, 6.07) is 7.32. The first kappa shape index (κ1) is 25.4. The molecule has 0 saturated carbocycles. The summed E-state index contributed by atoms with van der Waals surface area (Å²) in [6.45, 7) is 3.76.